The molecular weight excluding hydrogens is 423 g/mol. The molecule has 2 aromatic carbocycles. The highest BCUT2D eigenvalue weighted by Gasteiger charge is 2.22. The van der Waals surface area contributed by atoms with Crippen molar-refractivity contribution in [1.82, 2.24) is 20.0 Å². The predicted molar refractivity (Wildman–Crippen MR) is 129 cm³/mol. The van der Waals surface area contributed by atoms with E-state index in [0.29, 0.717) is 23.2 Å². The number of benzene rings is 2. The summed E-state index contributed by atoms with van der Waals surface area (Å²) >= 11 is 5.89. The number of piperidine rings is 1. The molecule has 32 heavy (non-hydrogen) atoms. The van der Waals surface area contributed by atoms with E-state index < -0.39 is 0 Å². The number of nitrogens with zero attached hydrogens (tertiary/aromatic N) is 3. The highest BCUT2D eigenvalue weighted by molar-refractivity contribution is 6.30. The molecule has 166 valence electrons. The van der Waals surface area contributed by atoms with E-state index in [-0.39, 0.29) is 5.82 Å². The van der Waals surface area contributed by atoms with Crippen LogP contribution in [0.3, 0.4) is 0 Å². The second-order valence-electron chi connectivity index (χ2n) is 8.73. The van der Waals surface area contributed by atoms with Crippen LogP contribution in [0.5, 0.6) is 0 Å². The molecule has 4 nitrogen and oxygen atoms in total. The molecule has 0 radical (unpaired) electrons. The van der Waals surface area contributed by atoms with Crippen LogP contribution in [0.15, 0.2) is 60.9 Å². The Hall–Kier alpha value is -2.63. The molecule has 2 aliphatic heterocycles. The van der Waals surface area contributed by atoms with Gasteiger partial charge in [0.05, 0.1) is 18.3 Å². The Labute approximate surface area is 193 Å². The second-order valence-corrected chi connectivity index (χ2v) is 9.17. The number of aromatic nitrogens is 2. The van der Waals surface area contributed by atoms with Crippen LogP contribution >= 0.6 is 11.6 Å². The lowest BCUT2D eigenvalue weighted by Crippen LogP contribution is -2.42. The summed E-state index contributed by atoms with van der Waals surface area (Å²) in [4.78, 5) is 2.40. The SMILES string of the molecule is C=C(C1CCCCN1)N1CC=C(c2ccc3cnn(Cc4ccc(Cl)cc4F)c3c2)CC1. The largest absolute Gasteiger partial charge is 0.370 e. The van der Waals surface area contributed by atoms with Gasteiger partial charge >= 0.3 is 0 Å². The molecule has 2 aliphatic rings. The lowest BCUT2D eigenvalue weighted by atomic mass is 9.96. The van der Waals surface area contributed by atoms with Crippen LogP contribution in [0.25, 0.3) is 16.5 Å². The van der Waals surface area contributed by atoms with Crippen LogP contribution in [-0.4, -0.2) is 40.4 Å². The lowest BCUT2D eigenvalue weighted by molar-refractivity contribution is 0.310. The van der Waals surface area contributed by atoms with E-state index in [1.807, 2.05) is 10.9 Å². The fourth-order valence-electron chi connectivity index (χ4n) is 4.76. The highest BCUT2D eigenvalue weighted by Crippen LogP contribution is 2.29. The first-order chi connectivity index (χ1) is 15.6. The average Bonchev–Trinajstić information content (AvgIpc) is 3.23. The van der Waals surface area contributed by atoms with Crippen LogP contribution in [0.2, 0.25) is 5.02 Å². The fraction of sp³-hybridized carbons (Fsp3) is 0.346. The number of fused-ring (bicyclic) bond motifs is 1. The van der Waals surface area contributed by atoms with Gasteiger partial charge in [0.25, 0.3) is 0 Å². The van der Waals surface area contributed by atoms with Gasteiger partial charge < -0.3 is 10.2 Å². The summed E-state index contributed by atoms with van der Waals surface area (Å²) in [7, 11) is 0. The van der Waals surface area contributed by atoms with Gasteiger partial charge in [-0.1, -0.05) is 48.9 Å². The van der Waals surface area contributed by atoms with Crippen molar-refractivity contribution in [3.05, 3.63) is 82.9 Å². The minimum Gasteiger partial charge on any atom is -0.370 e. The van der Waals surface area contributed by atoms with Crippen LogP contribution in [0.4, 0.5) is 4.39 Å². The van der Waals surface area contributed by atoms with Crippen molar-refractivity contribution in [2.45, 2.75) is 38.3 Å². The number of hydrogen-bond donors (Lipinski definition) is 1. The van der Waals surface area contributed by atoms with Gasteiger partial charge in [0.1, 0.15) is 5.82 Å². The number of nitrogens with one attached hydrogen (secondary N) is 1. The first-order valence-electron chi connectivity index (χ1n) is 11.3. The van der Waals surface area contributed by atoms with Gasteiger partial charge in [0.15, 0.2) is 0 Å². The molecule has 0 spiro atoms. The summed E-state index contributed by atoms with van der Waals surface area (Å²) in [5.74, 6) is -0.305. The topological polar surface area (TPSA) is 33.1 Å². The molecule has 6 heteroatoms. The van der Waals surface area contributed by atoms with Gasteiger partial charge in [0.2, 0.25) is 0 Å². The number of hydrogen-bond acceptors (Lipinski definition) is 3. The maximum absolute atomic E-state index is 14.3. The average molecular weight is 451 g/mol. The van der Waals surface area contributed by atoms with Gasteiger partial charge in [0, 0.05) is 40.8 Å². The molecular formula is C26H28ClFN4. The lowest BCUT2D eigenvalue weighted by Gasteiger charge is -2.36. The first kappa shape index (κ1) is 21.2. The van der Waals surface area contributed by atoms with E-state index >= 15 is 0 Å². The van der Waals surface area contributed by atoms with Crippen LogP contribution in [0, 0.1) is 5.82 Å². The minimum absolute atomic E-state index is 0.305. The molecule has 0 bridgehead atoms. The van der Waals surface area contributed by atoms with E-state index in [1.54, 1.807) is 12.1 Å². The summed E-state index contributed by atoms with van der Waals surface area (Å²) in [5.41, 5.74) is 5.36. The monoisotopic (exact) mass is 450 g/mol. The zero-order valence-corrected chi connectivity index (χ0v) is 18.9. The summed E-state index contributed by atoms with van der Waals surface area (Å²) in [6.45, 7) is 7.71. The molecule has 3 aromatic rings. The molecule has 0 amide bonds. The molecule has 1 saturated heterocycles. The van der Waals surface area contributed by atoms with Crippen LogP contribution in [0.1, 0.15) is 36.8 Å². The number of halogens is 2. The fourth-order valence-corrected chi connectivity index (χ4v) is 4.92. The van der Waals surface area contributed by atoms with Crippen molar-refractivity contribution in [2.75, 3.05) is 19.6 Å². The Balaban J connectivity index is 1.34. The van der Waals surface area contributed by atoms with Crippen molar-refractivity contribution in [3.8, 4) is 0 Å². The number of rotatable bonds is 5. The third kappa shape index (κ3) is 4.32. The van der Waals surface area contributed by atoms with Crippen molar-refractivity contribution in [1.29, 1.82) is 0 Å². The highest BCUT2D eigenvalue weighted by atomic mass is 35.5. The summed E-state index contributed by atoms with van der Waals surface area (Å²) in [6.07, 6.45) is 8.86. The van der Waals surface area contributed by atoms with Gasteiger partial charge in [-0.05, 0) is 55.1 Å². The van der Waals surface area contributed by atoms with E-state index in [1.165, 1.54) is 42.2 Å². The standard InChI is InChI=1S/C26H28ClFN4/c1-18(25-4-2-3-11-29-25)31-12-9-19(10-13-31)20-5-6-21-16-30-32(26(21)14-20)17-22-7-8-23(27)15-24(22)28/h5-9,14-16,25,29H,1-4,10-13,17H2. The Kier molecular flexibility index (Phi) is 6.03. The molecule has 0 saturated carbocycles. The van der Waals surface area contributed by atoms with Crippen LogP contribution < -0.4 is 5.32 Å². The predicted octanol–water partition coefficient (Wildman–Crippen LogP) is 5.62. The van der Waals surface area contributed by atoms with Crippen molar-refractivity contribution in [3.63, 3.8) is 0 Å². The molecule has 1 fully saturated rings. The third-order valence-electron chi connectivity index (χ3n) is 6.68. The van der Waals surface area contributed by atoms with Crippen molar-refractivity contribution >= 4 is 28.1 Å². The molecule has 1 N–H and O–H groups in total. The maximum Gasteiger partial charge on any atom is 0.129 e. The molecule has 1 aromatic heterocycles. The Morgan fingerprint density at radius 2 is 2.12 bits per heavy atom. The summed E-state index contributed by atoms with van der Waals surface area (Å²) < 4.78 is 16.2. The van der Waals surface area contributed by atoms with Crippen LogP contribution in [-0.2, 0) is 6.54 Å². The smallest absolute Gasteiger partial charge is 0.129 e. The molecule has 1 atom stereocenters. The molecule has 5 rings (SSSR count). The van der Waals surface area contributed by atoms with Gasteiger partial charge in [-0.3, -0.25) is 4.68 Å². The van der Waals surface area contributed by atoms with E-state index in [4.69, 9.17) is 11.6 Å². The van der Waals surface area contributed by atoms with E-state index in [9.17, 15) is 4.39 Å². The van der Waals surface area contributed by atoms with Crippen molar-refractivity contribution < 1.29 is 4.39 Å². The Morgan fingerprint density at radius 1 is 1.22 bits per heavy atom. The maximum atomic E-state index is 14.3. The van der Waals surface area contributed by atoms with E-state index in [0.717, 1.165) is 37.0 Å². The normalized spacial score (nSPS) is 19.2. The summed E-state index contributed by atoms with van der Waals surface area (Å²) in [5, 5.41) is 9.56. The first-order valence-corrected chi connectivity index (χ1v) is 11.7. The Morgan fingerprint density at radius 3 is 2.88 bits per heavy atom. The second kappa shape index (κ2) is 9.08. The van der Waals surface area contributed by atoms with E-state index in [2.05, 4.69) is 46.2 Å². The van der Waals surface area contributed by atoms with Crippen molar-refractivity contribution in [2.24, 2.45) is 0 Å². The van der Waals surface area contributed by atoms with Gasteiger partial charge in [-0.25, -0.2) is 4.39 Å². The molecule has 1 unspecified atom stereocenters. The molecule has 3 heterocycles. The zero-order valence-electron chi connectivity index (χ0n) is 18.2. The molecule has 0 aliphatic carbocycles. The van der Waals surface area contributed by atoms with Gasteiger partial charge in [-0.15, -0.1) is 0 Å². The summed E-state index contributed by atoms with van der Waals surface area (Å²) in [6, 6.07) is 11.6. The zero-order chi connectivity index (χ0) is 22.1. The third-order valence-corrected chi connectivity index (χ3v) is 6.91. The van der Waals surface area contributed by atoms with Gasteiger partial charge in [-0.2, -0.15) is 5.10 Å². The quantitative estimate of drug-likeness (QED) is 0.547. The Bertz CT molecular complexity index is 1180. The minimum atomic E-state index is -0.305.